The molecule has 1 aromatic carbocycles. The van der Waals surface area contributed by atoms with Crippen LogP contribution in [0.2, 0.25) is 0 Å². The fraction of sp³-hybridized carbons (Fsp3) is 0.679. The number of halogens is 5. The van der Waals surface area contributed by atoms with E-state index in [1.807, 2.05) is 47.6 Å². The molecule has 0 saturated carbocycles. The summed E-state index contributed by atoms with van der Waals surface area (Å²) in [6.07, 6.45) is -0.338. The number of hydrogen-bond acceptors (Lipinski definition) is 1. The lowest BCUT2D eigenvalue weighted by atomic mass is 9.81. The highest BCUT2D eigenvalue weighted by atomic mass is 32.2. The van der Waals surface area contributed by atoms with Gasteiger partial charge >= 0.3 is 6.18 Å². The average Bonchev–Trinajstić information content (AvgIpc) is 2.73. The molecule has 0 spiro atoms. The summed E-state index contributed by atoms with van der Waals surface area (Å²) >= 11 is 0. The molecule has 1 aromatic rings. The quantitative estimate of drug-likeness (QED) is 0.203. The van der Waals surface area contributed by atoms with Crippen molar-refractivity contribution >= 4 is 15.4 Å². The average molecular weight is 531 g/mol. The molecule has 0 saturated heterocycles. The van der Waals surface area contributed by atoms with Gasteiger partial charge in [-0.2, -0.15) is 13.2 Å². The summed E-state index contributed by atoms with van der Waals surface area (Å²) in [6, 6.07) is 6.04. The molecule has 0 bridgehead atoms. The number of alkyl halides is 5. The van der Waals surface area contributed by atoms with E-state index in [2.05, 4.69) is 38.4 Å². The van der Waals surface area contributed by atoms with E-state index in [0.29, 0.717) is 13.8 Å². The molecule has 0 amide bonds. The third kappa shape index (κ3) is 16.8. The predicted molar refractivity (Wildman–Crippen MR) is 148 cm³/mol. The summed E-state index contributed by atoms with van der Waals surface area (Å²) in [5.74, 6) is -0.0166. The van der Waals surface area contributed by atoms with Crippen LogP contribution in [0.5, 0.6) is 0 Å². The Morgan fingerprint density at radius 1 is 0.971 bits per heavy atom. The molecule has 0 aliphatic carbocycles. The van der Waals surface area contributed by atoms with Gasteiger partial charge < -0.3 is 0 Å². The minimum atomic E-state index is -4.86. The van der Waals surface area contributed by atoms with Crippen molar-refractivity contribution in [2.75, 3.05) is 6.26 Å². The molecule has 2 atom stereocenters. The molecular formula is C28H51F5OS. The van der Waals surface area contributed by atoms with Crippen LogP contribution in [-0.4, -0.2) is 28.4 Å². The molecule has 210 valence electrons. The standard InChI is InChI=1S/C13H20OS.C7H11F5.C4H8.2C2H6/c1-5-6-7-12-10-13(15(3,4)14)9-8-11(12)2;1-4-5(2,6(3,8)9)7(10,11)12;1-4(2)3;2*1-2/h8-10H,3,5-7H2,1-2,4H3;4H2,1-3H3;1H2,2-3H3;2*1-2H3. The lowest BCUT2D eigenvalue weighted by molar-refractivity contribution is -0.288. The molecule has 0 N–H and O–H groups in total. The SMILES string of the molecule is C=C(C)C.C=S(C)(=O)c1ccc(C)c(CCCC)c1.CC.CC.CCC(C)(C(C)(F)F)C(F)(F)F. The Balaban J connectivity index is -0.000000215. The fourth-order valence-corrected chi connectivity index (χ4v) is 3.06. The Kier molecular flexibility index (Phi) is 21.9. The summed E-state index contributed by atoms with van der Waals surface area (Å²) in [5.41, 5.74) is 0.850. The maximum Gasteiger partial charge on any atom is 0.399 e. The zero-order valence-corrected chi connectivity index (χ0v) is 25.0. The Bertz CT molecular complexity index is 771. The van der Waals surface area contributed by atoms with Crippen LogP contribution in [0.4, 0.5) is 22.0 Å². The van der Waals surface area contributed by atoms with Crippen LogP contribution in [0, 0.1) is 12.3 Å². The van der Waals surface area contributed by atoms with Gasteiger partial charge in [0.1, 0.15) is 5.41 Å². The van der Waals surface area contributed by atoms with Crippen molar-refractivity contribution in [1.82, 2.24) is 0 Å². The second-order valence-corrected chi connectivity index (χ2v) is 11.0. The molecule has 1 rings (SSSR count). The fourth-order valence-electron chi connectivity index (χ4n) is 2.31. The van der Waals surface area contributed by atoms with Crippen LogP contribution in [0.3, 0.4) is 0 Å². The van der Waals surface area contributed by atoms with E-state index in [-0.39, 0.29) is 0 Å². The largest absolute Gasteiger partial charge is 0.399 e. The third-order valence-electron chi connectivity index (χ3n) is 4.92. The van der Waals surface area contributed by atoms with Gasteiger partial charge in [0.05, 0.1) is 0 Å². The van der Waals surface area contributed by atoms with Gasteiger partial charge in [-0.25, -0.2) is 8.78 Å². The van der Waals surface area contributed by atoms with E-state index in [4.69, 9.17) is 0 Å². The van der Waals surface area contributed by atoms with Crippen LogP contribution in [0.1, 0.15) is 99.6 Å². The monoisotopic (exact) mass is 530 g/mol. The van der Waals surface area contributed by atoms with Crippen molar-refractivity contribution in [3.63, 3.8) is 0 Å². The van der Waals surface area contributed by atoms with Crippen molar-refractivity contribution in [2.45, 2.75) is 119 Å². The maximum atomic E-state index is 12.5. The number of rotatable bonds is 6. The van der Waals surface area contributed by atoms with Crippen LogP contribution in [0.15, 0.2) is 35.2 Å². The van der Waals surface area contributed by atoms with Gasteiger partial charge in [-0.15, -0.1) is 6.58 Å². The van der Waals surface area contributed by atoms with Crippen LogP contribution < -0.4 is 0 Å². The summed E-state index contributed by atoms with van der Waals surface area (Å²) in [5, 5.41) is 0. The van der Waals surface area contributed by atoms with Gasteiger partial charge in [0.2, 0.25) is 0 Å². The van der Waals surface area contributed by atoms with Crippen molar-refractivity contribution < 1.29 is 26.2 Å². The highest BCUT2D eigenvalue weighted by Gasteiger charge is 2.62. The Morgan fingerprint density at radius 3 is 1.60 bits per heavy atom. The normalized spacial score (nSPS) is 14.0. The van der Waals surface area contributed by atoms with Gasteiger partial charge in [-0.1, -0.05) is 59.6 Å². The van der Waals surface area contributed by atoms with Crippen molar-refractivity contribution in [3.8, 4) is 0 Å². The lowest BCUT2D eigenvalue weighted by Gasteiger charge is -2.35. The highest BCUT2D eigenvalue weighted by Crippen LogP contribution is 2.50. The molecule has 1 nitrogen and oxygen atoms in total. The van der Waals surface area contributed by atoms with Crippen molar-refractivity contribution in [2.24, 2.45) is 5.41 Å². The number of unbranched alkanes of at least 4 members (excludes halogenated alkanes) is 1. The molecular weight excluding hydrogens is 479 g/mol. The van der Waals surface area contributed by atoms with Crippen molar-refractivity contribution in [3.05, 3.63) is 41.5 Å². The molecule has 2 unspecified atom stereocenters. The molecule has 0 radical (unpaired) electrons. The van der Waals surface area contributed by atoms with E-state index in [0.717, 1.165) is 18.2 Å². The number of hydrogen-bond donors (Lipinski definition) is 0. The lowest BCUT2D eigenvalue weighted by Crippen LogP contribution is -2.47. The second kappa shape index (κ2) is 18.8. The van der Waals surface area contributed by atoms with Gasteiger partial charge in [0, 0.05) is 18.1 Å². The molecule has 35 heavy (non-hydrogen) atoms. The van der Waals surface area contributed by atoms with Crippen LogP contribution in [0.25, 0.3) is 0 Å². The minimum Gasteiger partial charge on any atom is -0.263 e. The summed E-state index contributed by atoms with van der Waals surface area (Å²) in [7, 11) is -2.07. The third-order valence-corrected chi connectivity index (χ3v) is 6.17. The molecule has 0 aliphatic heterocycles. The molecule has 0 fully saturated rings. The van der Waals surface area contributed by atoms with Gasteiger partial charge in [-0.3, -0.25) is 4.21 Å². The molecule has 7 heteroatoms. The van der Waals surface area contributed by atoms with Gasteiger partial charge in [0.15, 0.2) is 0 Å². The molecule has 0 aromatic heterocycles. The predicted octanol–water partition coefficient (Wildman–Crippen LogP) is 10.3. The van der Waals surface area contributed by atoms with Crippen molar-refractivity contribution in [1.29, 1.82) is 0 Å². The number of aryl methyl sites for hydroxylation is 2. The maximum absolute atomic E-state index is 12.5. The smallest absolute Gasteiger partial charge is 0.263 e. The van der Waals surface area contributed by atoms with E-state index in [9.17, 15) is 26.2 Å². The topological polar surface area (TPSA) is 17.1 Å². The van der Waals surface area contributed by atoms with E-state index >= 15 is 0 Å². The van der Waals surface area contributed by atoms with E-state index < -0.39 is 33.5 Å². The minimum absolute atomic E-state index is 0.296. The number of allylic oxidation sites excluding steroid dienone is 1. The Morgan fingerprint density at radius 2 is 1.37 bits per heavy atom. The molecule has 0 heterocycles. The first kappa shape index (κ1) is 40.8. The van der Waals surface area contributed by atoms with E-state index in [1.54, 1.807) is 6.26 Å². The zero-order chi connectivity index (χ0) is 29.3. The first-order valence-electron chi connectivity index (χ1n) is 12.2. The highest BCUT2D eigenvalue weighted by molar-refractivity contribution is 7.99. The number of benzene rings is 1. The summed E-state index contributed by atoms with van der Waals surface area (Å²) < 4.78 is 73.3. The van der Waals surface area contributed by atoms with E-state index in [1.165, 1.54) is 29.5 Å². The van der Waals surface area contributed by atoms with Gasteiger partial charge in [0.25, 0.3) is 5.92 Å². The second-order valence-electron chi connectivity index (χ2n) is 8.48. The van der Waals surface area contributed by atoms with Crippen LogP contribution in [-0.2, 0) is 15.9 Å². The first-order valence-corrected chi connectivity index (χ1v) is 14.4. The molecule has 0 aliphatic rings. The zero-order valence-electron chi connectivity index (χ0n) is 24.2. The summed E-state index contributed by atoms with van der Waals surface area (Å²) in [4.78, 5) is 0.874. The Labute approximate surface area is 213 Å². The first-order chi connectivity index (χ1) is 15.7. The van der Waals surface area contributed by atoms with Crippen LogP contribution >= 0.6 is 0 Å². The summed E-state index contributed by atoms with van der Waals surface area (Å²) in [6.45, 7) is 21.7. The van der Waals surface area contributed by atoms with Gasteiger partial charge in [-0.05, 0) is 85.6 Å². The Hall–Kier alpha value is -1.37.